The minimum Gasteiger partial charge on any atom is -0.487 e. The van der Waals surface area contributed by atoms with Gasteiger partial charge >= 0.3 is 0 Å². The summed E-state index contributed by atoms with van der Waals surface area (Å²) >= 11 is 0. The number of para-hydroxylation sites is 1. The molecule has 150 valence electrons. The van der Waals surface area contributed by atoms with Crippen LogP contribution in [0.5, 0.6) is 5.75 Å². The number of hydrogen-bond donors (Lipinski definition) is 1. The predicted octanol–water partition coefficient (Wildman–Crippen LogP) is 3.33. The minimum atomic E-state index is -0.180. The van der Waals surface area contributed by atoms with Crippen molar-refractivity contribution in [2.75, 3.05) is 20.1 Å². The Kier molecular flexibility index (Phi) is 5.15. The van der Waals surface area contributed by atoms with Gasteiger partial charge in [-0.15, -0.1) is 0 Å². The Morgan fingerprint density at radius 1 is 1.29 bits per heavy atom. The van der Waals surface area contributed by atoms with Gasteiger partial charge in [0.15, 0.2) is 0 Å². The fourth-order valence-electron chi connectivity index (χ4n) is 4.44. The normalized spacial score (nSPS) is 21.2. The zero-order chi connectivity index (χ0) is 19.7. The van der Waals surface area contributed by atoms with E-state index in [2.05, 4.69) is 28.5 Å². The van der Waals surface area contributed by atoms with Crippen molar-refractivity contribution in [2.24, 2.45) is 0 Å². The van der Waals surface area contributed by atoms with Gasteiger partial charge in [-0.05, 0) is 46.2 Å². The van der Waals surface area contributed by atoms with E-state index in [-0.39, 0.29) is 17.6 Å². The molecule has 1 fully saturated rings. The smallest absolute Gasteiger partial charge is 0.220 e. The number of fused-ring (bicyclic) bond motifs is 1. The molecule has 0 saturated carbocycles. The molecule has 0 bridgehead atoms. The lowest BCUT2D eigenvalue weighted by Gasteiger charge is -2.46. The van der Waals surface area contributed by atoms with E-state index in [1.54, 1.807) is 0 Å². The molecule has 28 heavy (non-hydrogen) atoms. The Morgan fingerprint density at radius 3 is 2.75 bits per heavy atom. The summed E-state index contributed by atoms with van der Waals surface area (Å²) in [4.78, 5) is 15.1. The number of carbonyl (C=O) groups is 1. The number of aromatic nitrogens is 1. The summed E-state index contributed by atoms with van der Waals surface area (Å²) in [5.41, 5.74) is 2.81. The Labute approximate surface area is 166 Å². The molecular weight excluding hydrogens is 354 g/mol. The van der Waals surface area contributed by atoms with Crippen LogP contribution in [0.1, 0.15) is 54.3 Å². The van der Waals surface area contributed by atoms with Gasteiger partial charge in [0.25, 0.3) is 0 Å². The quantitative estimate of drug-likeness (QED) is 0.877. The second-order valence-corrected chi connectivity index (χ2v) is 8.25. The second kappa shape index (κ2) is 7.59. The number of carbonyl (C=O) groups excluding carboxylic acids is 1. The molecule has 6 heteroatoms. The molecule has 1 atom stereocenters. The lowest BCUT2D eigenvalue weighted by Crippen LogP contribution is -2.51. The average molecular weight is 383 g/mol. The van der Waals surface area contributed by atoms with Crippen LogP contribution in [0.2, 0.25) is 0 Å². The Morgan fingerprint density at radius 2 is 2.04 bits per heavy atom. The fourth-order valence-corrected chi connectivity index (χ4v) is 4.44. The van der Waals surface area contributed by atoms with Crippen LogP contribution in [-0.2, 0) is 11.2 Å². The van der Waals surface area contributed by atoms with Gasteiger partial charge in [-0.2, -0.15) is 0 Å². The minimum absolute atomic E-state index is 0.00877. The number of aryl methyl sites for hydroxylation is 2. The van der Waals surface area contributed by atoms with E-state index in [9.17, 15) is 4.79 Å². The summed E-state index contributed by atoms with van der Waals surface area (Å²) in [6.07, 6.45) is 3.88. The van der Waals surface area contributed by atoms with Crippen LogP contribution in [-0.4, -0.2) is 41.7 Å². The molecule has 1 aromatic carbocycles. The van der Waals surface area contributed by atoms with Crippen molar-refractivity contribution in [1.29, 1.82) is 0 Å². The van der Waals surface area contributed by atoms with E-state index >= 15 is 0 Å². The second-order valence-electron chi connectivity index (χ2n) is 8.25. The van der Waals surface area contributed by atoms with Gasteiger partial charge in [0, 0.05) is 37.1 Å². The van der Waals surface area contributed by atoms with Crippen LogP contribution in [0.3, 0.4) is 0 Å². The number of hydrogen-bond acceptors (Lipinski definition) is 5. The van der Waals surface area contributed by atoms with Gasteiger partial charge < -0.3 is 19.5 Å². The Balaban J connectivity index is 1.47. The van der Waals surface area contributed by atoms with Gasteiger partial charge in [-0.3, -0.25) is 4.79 Å². The highest BCUT2D eigenvalue weighted by molar-refractivity contribution is 5.77. The maximum Gasteiger partial charge on any atom is 0.220 e. The highest BCUT2D eigenvalue weighted by Gasteiger charge is 2.43. The largest absolute Gasteiger partial charge is 0.487 e. The van der Waals surface area contributed by atoms with Gasteiger partial charge in [0.05, 0.1) is 11.7 Å². The summed E-state index contributed by atoms with van der Waals surface area (Å²) in [6.45, 7) is 5.86. The van der Waals surface area contributed by atoms with E-state index in [1.807, 2.05) is 32.0 Å². The third kappa shape index (κ3) is 3.78. The number of likely N-dealkylation sites (tertiary alicyclic amines) is 1. The van der Waals surface area contributed by atoms with Crippen LogP contribution in [0.25, 0.3) is 0 Å². The maximum absolute atomic E-state index is 12.8. The van der Waals surface area contributed by atoms with E-state index in [4.69, 9.17) is 9.26 Å². The number of nitrogens with one attached hydrogen (secondary N) is 1. The standard InChI is InChI=1S/C22H29N3O3/c1-15-17(16(2)28-24-15)8-9-21(26)23-19-14-22(10-12-25(3)13-11-22)27-20-7-5-4-6-18(19)20/h4-7,19H,8-14H2,1-3H3,(H,23,26)/t19-/m0/s1. The van der Waals surface area contributed by atoms with Crippen LogP contribution in [0.15, 0.2) is 28.8 Å². The van der Waals surface area contributed by atoms with Gasteiger partial charge in [0.2, 0.25) is 5.91 Å². The zero-order valence-corrected chi connectivity index (χ0v) is 17.0. The highest BCUT2D eigenvalue weighted by atomic mass is 16.5. The topological polar surface area (TPSA) is 67.6 Å². The van der Waals surface area contributed by atoms with Gasteiger partial charge in [-0.1, -0.05) is 23.4 Å². The molecule has 2 aliphatic rings. The number of piperidine rings is 1. The molecule has 1 aromatic heterocycles. The SMILES string of the molecule is Cc1noc(C)c1CCC(=O)N[C@H]1CC2(CCN(C)CC2)Oc2ccccc21. The van der Waals surface area contributed by atoms with Crippen LogP contribution < -0.4 is 10.1 Å². The fraction of sp³-hybridized carbons (Fsp3) is 0.545. The molecule has 4 rings (SSSR count). The lowest BCUT2D eigenvalue weighted by atomic mass is 9.80. The first-order valence-electron chi connectivity index (χ1n) is 10.1. The summed E-state index contributed by atoms with van der Waals surface area (Å²) in [5, 5.41) is 7.25. The zero-order valence-electron chi connectivity index (χ0n) is 17.0. The number of benzene rings is 1. The molecule has 0 unspecified atom stereocenters. The first kappa shape index (κ1) is 19.0. The number of ether oxygens (including phenoxy) is 1. The molecule has 2 aromatic rings. The third-order valence-corrected chi connectivity index (χ3v) is 6.21. The van der Waals surface area contributed by atoms with Crippen molar-refractivity contribution in [2.45, 2.75) is 57.6 Å². The van der Waals surface area contributed by atoms with Gasteiger partial charge in [-0.25, -0.2) is 0 Å². The summed E-state index contributed by atoms with van der Waals surface area (Å²) in [6, 6.07) is 8.10. The van der Waals surface area contributed by atoms with Crippen molar-refractivity contribution in [3.63, 3.8) is 0 Å². The average Bonchev–Trinajstić information content (AvgIpc) is 3.00. The molecule has 1 N–H and O–H groups in total. The molecule has 1 spiro atoms. The van der Waals surface area contributed by atoms with Crippen LogP contribution in [0, 0.1) is 13.8 Å². The third-order valence-electron chi connectivity index (χ3n) is 6.21. The van der Waals surface area contributed by atoms with E-state index in [0.29, 0.717) is 12.8 Å². The molecular formula is C22H29N3O3. The van der Waals surface area contributed by atoms with Crippen LogP contribution in [0.4, 0.5) is 0 Å². The summed E-state index contributed by atoms with van der Waals surface area (Å²) in [5.74, 6) is 1.77. The van der Waals surface area contributed by atoms with E-state index < -0.39 is 0 Å². The molecule has 1 amide bonds. The van der Waals surface area contributed by atoms with Crippen molar-refractivity contribution in [3.8, 4) is 5.75 Å². The van der Waals surface area contributed by atoms with Crippen molar-refractivity contribution in [1.82, 2.24) is 15.4 Å². The maximum atomic E-state index is 12.8. The first-order valence-corrected chi connectivity index (χ1v) is 10.1. The van der Waals surface area contributed by atoms with E-state index in [1.165, 1.54) is 0 Å². The predicted molar refractivity (Wildman–Crippen MR) is 106 cm³/mol. The highest BCUT2D eigenvalue weighted by Crippen LogP contribution is 2.44. The van der Waals surface area contributed by atoms with E-state index in [0.717, 1.165) is 60.7 Å². The molecule has 3 heterocycles. The monoisotopic (exact) mass is 383 g/mol. The molecule has 2 aliphatic heterocycles. The number of amides is 1. The Hall–Kier alpha value is -2.34. The molecule has 0 aliphatic carbocycles. The van der Waals surface area contributed by atoms with Gasteiger partial charge in [0.1, 0.15) is 17.1 Å². The number of nitrogens with zero attached hydrogens (tertiary/aromatic N) is 2. The van der Waals surface area contributed by atoms with Crippen molar-refractivity contribution >= 4 is 5.91 Å². The van der Waals surface area contributed by atoms with Crippen LogP contribution >= 0.6 is 0 Å². The van der Waals surface area contributed by atoms with Crippen molar-refractivity contribution in [3.05, 3.63) is 46.8 Å². The van der Waals surface area contributed by atoms with Crippen molar-refractivity contribution < 1.29 is 14.1 Å². The summed E-state index contributed by atoms with van der Waals surface area (Å²) in [7, 11) is 2.15. The number of rotatable bonds is 4. The summed E-state index contributed by atoms with van der Waals surface area (Å²) < 4.78 is 11.7. The molecule has 0 radical (unpaired) electrons. The lowest BCUT2D eigenvalue weighted by molar-refractivity contribution is -0.122. The first-order chi connectivity index (χ1) is 13.5. The Bertz CT molecular complexity index is 833. The molecule has 6 nitrogen and oxygen atoms in total. The molecule has 1 saturated heterocycles.